The summed E-state index contributed by atoms with van der Waals surface area (Å²) in [5.41, 5.74) is 2.79. The van der Waals surface area contributed by atoms with Gasteiger partial charge in [-0.2, -0.15) is 0 Å². The van der Waals surface area contributed by atoms with E-state index in [9.17, 15) is 9.59 Å². The number of nitrogens with one attached hydrogen (secondary N) is 1. The average molecular weight is 356 g/mol. The van der Waals surface area contributed by atoms with Crippen LogP contribution in [0.15, 0.2) is 18.2 Å². The molecule has 1 aromatic carbocycles. The molecule has 0 bridgehead atoms. The molecule has 2 aromatic rings. The lowest BCUT2D eigenvalue weighted by atomic mass is 10.1. The second-order valence-corrected chi connectivity index (χ2v) is 7.00. The summed E-state index contributed by atoms with van der Waals surface area (Å²) >= 11 is 0. The van der Waals surface area contributed by atoms with Crippen molar-refractivity contribution < 1.29 is 9.59 Å². The lowest BCUT2D eigenvalue weighted by molar-refractivity contribution is -0.133. The zero-order valence-electron chi connectivity index (χ0n) is 15.8. The predicted octanol–water partition coefficient (Wildman–Crippen LogP) is 3.49. The number of nitrogens with zero attached hydrogens (tertiary/aromatic N) is 3. The van der Waals surface area contributed by atoms with Crippen molar-refractivity contribution in [2.24, 2.45) is 0 Å². The molecular formula is C20H28N4O2. The highest BCUT2D eigenvalue weighted by molar-refractivity contribution is 5.93. The number of hydrogen-bond donors (Lipinski definition) is 1. The van der Waals surface area contributed by atoms with Crippen LogP contribution in [0.5, 0.6) is 0 Å². The molecule has 1 aliphatic rings. The number of piperidine rings is 1. The van der Waals surface area contributed by atoms with Gasteiger partial charge in [0.1, 0.15) is 5.82 Å². The first-order valence-electron chi connectivity index (χ1n) is 9.63. The fourth-order valence-corrected chi connectivity index (χ4v) is 3.59. The van der Waals surface area contributed by atoms with Gasteiger partial charge >= 0.3 is 0 Å². The topological polar surface area (TPSA) is 67.2 Å². The van der Waals surface area contributed by atoms with E-state index in [0.29, 0.717) is 25.8 Å². The monoisotopic (exact) mass is 356 g/mol. The molecule has 26 heavy (non-hydrogen) atoms. The molecule has 0 spiro atoms. The summed E-state index contributed by atoms with van der Waals surface area (Å²) in [6, 6.07) is 5.88. The fraction of sp³-hybridized carbons (Fsp3) is 0.550. The maximum absolute atomic E-state index is 12.2. The number of fused-ring (bicyclic) bond motifs is 1. The smallest absolute Gasteiger partial charge is 0.224 e. The Kier molecular flexibility index (Phi) is 5.91. The van der Waals surface area contributed by atoms with E-state index in [0.717, 1.165) is 54.9 Å². The Balaban J connectivity index is 1.54. The Morgan fingerprint density at radius 1 is 1.27 bits per heavy atom. The summed E-state index contributed by atoms with van der Waals surface area (Å²) in [5.74, 6) is 1.20. The summed E-state index contributed by atoms with van der Waals surface area (Å²) in [5, 5.41) is 2.95. The van der Waals surface area contributed by atoms with Crippen LogP contribution in [0.3, 0.4) is 0 Å². The first-order chi connectivity index (χ1) is 12.6. The van der Waals surface area contributed by atoms with Gasteiger partial charge in [-0.1, -0.05) is 6.92 Å². The highest BCUT2D eigenvalue weighted by Crippen LogP contribution is 2.21. The van der Waals surface area contributed by atoms with Crippen molar-refractivity contribution in [3.63, 3.8) is 0 Å². The van der Waals surface area contributed by atoms with Gasteiger partial charge in [-0.15, -0.1) is 0 Å². The molecule has 0 unspecified atom stereocenters. The minimum absolute atomic E-state index is 0.0153. The number of aromatic nitrogens is 2. The molecule has 1 aromatic heterocycles. The van der Waals surface area contributed by atoms with Gasteiger partial charge in [0.25, 0.3) is 0 Å². The number of aryl methyl sites for hydroxylation is 2. The first-order valence-corrected chi connectivity index (χ1v) is 9.63. The zero-order chi connectivity index (χ0) is 18.5. The second kappa shape index (κ2) is 8.34. The largest absolute Gasteiger partial charge is 0.343 e. The molecular weight excluding hydrogens is 328 g/mol. The van der Waals surface area contributed by atoms with Crippen molar-refractivity contribution in [1.29, 1.82) is 0 Å². The summed E-state index contributed by atoms with van der Waals surface area (Å²) in [6.45, 7) is 6.61. The third-order valence-corrected chi connectivity index (χ3v) is 4.92. The molecule has 1 aliphatic heterocycles. The van der Waals surface area contributed by atoms with E-state index in [1.54, 1.807) is 0 Å². The van der Waals surface area contributed by atoms with Crippen LogP contribution in [-0.4, -0.2) is 39.4 Å². The number of carbonyl (C=O) groups is 2. The Bertz CT molecular complexity index is 796. The van der Waals surface area contributed by atoms with E-state index in [4.69, 9.17) is 0 Å². The summed E-state index contributed by atoms with van der Waals surface area (Å²) in [7, 11) is 0. The molecule has 1 N–H and O–H groups in total. The number of rotatable bonds is 7. The third-order valence-electron chi connectivity index (χ3n) is 4.92. The van der Waals surface area contributed by atoms with Crippen molar-refractivity contribution >= 4 is 28.5 Å². The fourth-order valence-electron chi connectivity index (χ4n) is 3.59. The highest BCUT2D eigenvalue weighted by atomic mass is 16.2. The molecule has 2 heterocycles. The number of imidazole rings is 1. The van der Waals surface area contributed by atoms with Crippen molar-refractivity contribution in [1.82, 2.24) is 14.5 Å². The van der Waals surface area contributed by atoms with E-state index in [1.807, 2.05) is 30.0 Å². The molecule has 0 saturated carbocycles. The van der Waals surface area contributed by atoms with Crippen molar-refractivity contribution in [2.45, 2.75) is 58.9 Å². The van der Waals surface area contributed by atoms with E-state index < -0.39 is 0 Å². The van der Waals surface area contributed by atoms with Crippen molar-refractivity contribution in [3.8, 4) is 0 Å². The van der Waals surface area contributed by atoms with E-state index in [2.05, 4.69) is 21.8 Å². The Morgan fingerprint density at radius 3 is 2.88 bits per heavy atom. The summed E-state index contributed by atoms with van der Waals surface area (Å²) in [4.78, 5) is 30.5. The first kappa shape index (κ1) is 18.4. The molecule has 140 valence electrons. The van der Waals surface area contributed by atoms with Crippen LogP contribution in [0.4, 0.5) is 5.69 Å². The summed E-state index contributed by atoms with van der Waals surface area (Å²) in [6.07, 6.45) is 4.89. The minimum atomic E-state index is -0.0153. The Morgan fingerprint density at radius 2 is 2.12 bits per heavy atom. The zero-order valence-corrected chi connectivity index (χ0v) is 15.8. The molecule has 6 heteroatoms. The Hall–Kier alpha value is -2.37. The van der Waals surface area contributed by atoms with Crippen LogP contribution in [0, 0.1) is 6.92 Å². The second-order valence-electron chi connectivity index (χ2n) is 7.00. The van der Waals surface area contributed by atoms with Crippen molar-refractivity contribution in [2.75, 3.05) is 18.4 Å². The maximum atomic E-state index is 12.2. The molecule has 1 fully saturated rings. The van der Waals surface area contributed by atoms with Crippen LogP contribution in [0.2, 0.25) is 0 Å². The van der Waals surface area contributed by atoms with E-state index >= 15 is 0 Å². The van der Waals surface area contributed by atoms with Gasteiger partial charge < -0.3 is 14.8 Å². The normalized spacial score (nSPS) is 14.8. The molecule has 0 atom stereocenters. The molecule has 3 rings (SSSR count). The quantitative estimate of drug-likeness (QED) is 0.826. The van der Waals surface area contributed by atoms with Crippen LogP contribution in [0.1, 0.15) is 51.3 Å². The van der Waals surface area contributed by atoms with Gasteiger partial charge in [-0.25, -0.2) is 4.98 Å². The minimum Gasteiger partial charge on any atom is -0.343 e. The number of amides is 2. The molecule has 0 radical (unpaired) electrons. The molecule has 1 saturated heterocycles. The van der Waals surface area contributed by atoms with Gasteiger partial charge in [0.05, 0.1) is 11.0 Å². The predicted molar refractivity (Wildman–Crippen MR) is 103 cm³/mol. The van der Waals surface area contributed by atoms with Gasteiger partial charge in [0.2, 0.25) is 11.8 Å². The van der Waals surface area contributed by atoms with Crippen LogP contribution >= 0.6 is 0 Å². The standard InChI is InChI=1S/C20H28N4O2/c1-3-11-24-15(2)21-17-14-16(9-10-18(17)24)22-19(25)7-6-13-23-12-5-4-8-20(23)26/h9-10,14H,3-8,11-13H2,1-2H3,(H,22,25). The van der Waals surface area contributed by atoms with E-state index in [-0.39, 0.29) is 11.8 Å². The van der Waals surface area contributed by atoms with Gasteiger partial charge in [0, 0.05) is 38.2 Å². The van der Waals surface area contributed by atoms with Gasteiger partial charge in [-0.05, 0) is 50.8 Å². The molecule has 0 aliphatic carbocycles. The average Bonchev–Trinajstić information content (AvgIpc) is 2.92. The molecule has 2 amide bonds. The molecule has 6 nitrogen and oxygen atoms in total. The number of hydrogen-bond acceptors (Lipinski definition) is 3. The van der Waals surface area contributed by atoms with Crippen LogP contribution in [0.25, 0.3) is 11.0 Å². The van der Waals surface area contributed by atoms with Gasteiger partial charge in [0.15, 0.2) is 0 Å². The van der Waals surface area contributed by atoms with Crippen molar-refractivity contribution in [3.05, 3.63) is 24.0 Å². The van der Waals surface area contributed by atoms with Gasteiger partial charge in [-0.3, -0.25) is 9.59 Å². The van der Waals surface area contributed by atoms with Crippen LogP contribution in [-0.2, 0) is 16.1 Å². The lowest BCUT2D eigenvalue weighted by Gasteiger charge is -2.26. The highest BCUT2D eigenvalue weighted by Gasteiger charge is 2.17. The number of carbonyl (C=O) groups excluding carboxylic acids is 2. The number of likely N-dealkylation sites (tertiary alicyclic amines) is 1. The number of anilines is 1. The Labute approximate surface area is 154 Å². The summed E-state index contributed by atoms with van der Waals surface area (Å²) < 4.78 is 2.20. The number of benzene rings is 1. The third kappa shape index (κ3) is 4.23. The SMILES string of the molecule is CCCn1c(C)nc2cc(NC(=O)CCCN3CCCCC3=O)ccc21. The van der Waals surface area contributed by atoms with Crippen LogP contribution < -0.4 is 5.32 Å². The maximum Gasteiger partial charge on any atom is 0.224 e. The lowest BCUT2D eigenvalue weighted by Crippen LogP contribution is -2.36. The van der Waals surface area contributed by atoms with E-state index in [1.165, 1.54) is 0 Å².